The Kier molecular flexibility index (Phi) is 11.1. The molecule has 4 rings (SSSR count). The molecule has 4 heteroatoms. The third-order valence-corrected chi connectivity index (χ3v) is 13.4. The predicted octanol–water partition coefficient (Wildman–Crippen LogP) is 8.99. The first kappa shape index (κ1) is 28.3. The first-order valence-electron chi connectivity index (χ1n) is 15.2. The molecular formula is C33H48F2OSi. The molecule has 0 spiro atoms. The number of hydrogen-bond donors (Lipinski definition) is 0. The summed E-state index contributed by atoms with van der Waals surface area (Å²) < 4.78 is 33.7. The van der Waals surface area contributed by atoms with Gasteiger partial charge in [-0.25, -0.2) is 4.39 Å². The molecule has 1 saturated carbocycles. The molecule has 37 heavy (non-hydrogen) atoms. The normalized spacial score (nSPS) is 26.2. The van der Waals surface area contributed by atoms with Crippen molar-refractivity contribution in [2.24, 2.45) is 17.8 Å². The van der Waals surface area contributed by atoms with Gasteiger partial charge in [0.15, 0.2) is 11.6 Å². The molecule has 2 aromatic rings. The molecule has 1 nitrogen and oxygen atoms in total. The fraction of sp³-hybridized carbons (Fsp3) is 0.636. The lowest BCUT2D eigenvalue weighted by atomic mass is 9.72. The lowest BCUT2D eigenvalue weighted by Gasteiger charge is -2.41. The Labute approximate surface area is 226 Å². The van der Waals surface area contributed by atoms with E-state index in [-0.39, 0.29) is 5.75 Å². The van der Waals surface area contributed by atoms with Crippen LogP contribution in [0.4, 0.5) is 8.78 Å². The van der Waals surface area contributed by atoms with Gasteiger partial charge in [-0.1, -0.05) is 106 Å². The quantitative estimate of drug-likeness (QED) is 0.198. The summed E-state index contributed by atoms with van der Waals surface area (Å²) in [4.78, 5) is 0. The molecule has 0 amide bonds. The summed E-state index contributed by atoms with van der Waals surface area (Å²) >= 11 is 0. The third kappa shape index (κ3) is 7.68. The Morgan fingerprint density at radius 3 is 2.32 bits per heavy atom. The van der Waals surface area contributed by atoms with Gasteiger partial charge in [0.2, 0.25) is 5.82 Å². The molecular weight excluding hydrogens is 478 g/mol. The molecule has 2 aliphatic rings. The van der Waals surface area contributed by atoms with Crippen molar-refractivity contribution in [3.05, 3.63) is 59.7 Å². The van der Waals surface area contributed by atoms with Crippen molar-refractivity contribution in [1.29, 1.82) is 0 Å². The van der Waals surface area contributed by atoms with Gasteiger partial charge in [-0.15, -0.1) is 0 Å². The molecule has 1 aliphatic heterocycles. The van der Waals surface area contributed by atoms with E-state index in [1.807, 2.05) is 0 Å². The predicted molar refractivity (Wildman–Crippen MR) is 155 cm³/mol. The monoisotopic (exact) mass is 526 g/mol. The van der Waals surface area contributed by atoms with Crippen LogP contribution in [0.5, 0.6) is 5.75 Å². The third-order valence-electron chi connectivity index (χ3n) is 9.47. The van der Waals surface area contributed by atoms with Gasteiger partial charge in [0.1, 0.15) is 0 Å². The van der Waals surface area contributed by atoms with Crippen molar-refractivity contribution in [3.8, 4) is 5.75 Å². The first-order chi connectivity index (χ1) is 18.1. The van der Waals surface area contributed by atoms with Crippen molar-refractivity contribution in [1.82, 2.24) is 0 Å². The van der Waals surface area contributed by atoms with Crippen LogP contribution in [-0.2, 0) is 6.42 Å². The van der Waals surface area contributed by atoms with Crippen LogP contribution in [0.2, 0.25) is 11.6 Å². The molecule has 1 heterocycles. The second-order valence-corrected chi connectivity index (χ2v) is 15.2. The molecule has 0 aromatic heterocycles. The summed E-state index contributed by atoms with van der Waals surface area (Å²) in [5.74, 6) is 1.17. The van der Waals surface area contributed by atoms with E-state index in [0.717, 1.165) is 36.1 Å². The maximum atomic E-state index is 14.4. The SMILES string of the molecule is CCCCC1CC(C2CCC(CCCCc3ccc(OCC)c(F)c3F)CC2)CC[SiH]1c1ccccc1. The van der Waals surface area contributed by atoms with Crippen LogP contribution in [0.25, 0.3) is 0 Å². The molecule has 0 radical (unpaired) electrons. The topological polar surface area (TPSA) is 9.23 Å². The van der Waals surface area contributed by atoms with Crippen LogP contribution in [0, 0.1) is 29.4 Å². The zero-order chi connectivity index (χ0) is 26.0. The average Bonchev–Trinajstić information content (AvgIpc) is 2.94. The van der Waals surface area contributed by atoms with Crippen molar-refractivity contribution >= 4 is 14.0 Å². The number of ether oxygens (including phenoxy) is 1. The number of benzene rings is 2. The number of hydrogen-bond acceptors (Lipinski definition) is 1. The average molecular weight is 527 g/mol. The lowest BCUT2D eigenvalue weighted by Crippen LogP contribution is -2.41. The summed E-state index contributed by atoms with van der Waals surface area (Å²) in [6, 6.07) is 16.3. The highest BCUT2D eigenvalue weighted by molar-refractivity contribution is 6.74. The Hall–Kier alpha value is -1.68. The molecule has 1 saturated heterocycles. The zero-order valence-electron chi connectivity index (χ0n) is 23.2. The fourth-order valence-corrected chi connectivity index (χ4v) is 11.6. The van der Waals surface area contributed by atoms with Gasteiger partial charge < -0.3 is 4.74 Å². The molecule has 3 atom stereocenters. The maximum Gasteiger partial charge on any atom is 0.200 e. The van der Waals surface area contributed by atoms with Crippen LogP contribution in [0.1, 0.15) is 96.5 Å². The highest BCUT2D eigenvalue weighted by atomic mass is 28.3. The van der Waals surface area contributed by atoms with Gasteiger partial charge >= 0.3 is 0 Å². The number of unbranched alkanes of at least 4 members (excludes halogenated alkanes) is 2. The van der Waals surface area contributed by atoms with Gasteiger partial charge in [0.25, 0.3) is 0 Å². The zero-order valence-corrected chi connectivity index (χ0v) is 24.4. The minimum atomic E-state index is -0.852. The summed E-state index contributed by atoms with van der Waals surface area (Å²) in [6.07, 6.45) is 16.6. The van der Waals surface area contributed by atoms with Crippen molar-refractivity contribution in [2.45, 2.75) is 109 Å². The number of rotatable bonds is 12. The number of aryl methyl sites for hydroxylation is 1. The van der Waals surface area contributed by atoms with Gasteiger partial charge in [0.05, 0.1) is 15.4 Å². The summed E-state index contributed by atoms with van der Waals surface area (Å²) in [5, 5.41) is 1.71. The maximum absolute atomic E-state index is 14.4. The smallest absolute Gasteiger partial charge is 0.200 e. The molecule has 3 unspecified atom stereocenters. The van der Waals surface area contributed by atoms with E-state index in [9.17, 15) is 8.78 Å². The second-order valence-electron chi connectivity index (χ2n) is 11.8. The van der Waals surface area contributed by atoms with Gasteiger partial charge in [-0.2, -0.15) is 4.39 Å². The van der Waals surface area contributed by atoms with Gasteiger partial charge in [-0.05, 0) is 74.0 Å². The molecule has 2 fully saturated rings. The van der Waals surface area contributed by atoms with E-state index in [1.165, 1.54) is 70.3 Å². The Morgan fingerprint density at radius 1 is 0.811 bits per heavy atom. The van der Waals surface area contributed by atoms with E-state index >= 15 is 0 Å². The second kappa shape index (κ2) is 14.5. The summed E-state index contributed by atoms with van der Waals surface area (Å²) in [5.41, 5.74) is 1.48. The van der Waals surface area contributed by atoms with E-state index < -0.39 is 20.4 Å². The Bertz CT molecular complexity index is 941. The number of halogens is 2. The molecule has 1 aliphatic carbocycles. The van der Waals surface area contributed by atoms with Crippen molar-refractivity contribution < 1.29 is 13.5 Å². The van der Waals surface area contributed by atoms with Gasteiger partial charge in [0, 0.05) is 0 Å². The molecule has 204 valence electrons. The minimum Gasteiger partial charge on any atom is -0.491 e. The first-order valence-corrected chi connectivity index (χ1v) is 17.3. The largest absolute Gasteiger partial charge is 0.491 e. The lowest BCUT2D eigenvalue weighted by molar-refractivity contribution is 0.176. The van der Waals surface area contributed by atoms with Crippen molar-refractivity contribution in [3.63, 3.8) is 0 Å². The van der Waals surface area contributed by atoms with Crippen LogP contribution in [0.3, 0.4) is 0 Å². The van der Waals surface area contributed by atoms with Crippen LogP contribution < -0.4 is 9.92 Å². The minimum absolute atomic E-state index is 0.0214. The standard InChI is InChI=1S/C33H48F2OSi/c1-3-5-13-30-24-28(22-23-37(30)29-14-7-6-8-15-29)26-18-16-25(17-19-26)11-9-10-12-27-20-21-31(36-4-2)33(35)32(27)34/h6-8,14-15,20-21,25-26,28,30,37H,3-5,9-13,16-19,22-24H2,1-2H3. The van der Waals surface area contributed by atoms with Crippen LogP contribution in [0.15, 0.2) is 42.5 Å². The summed E-state index contributed by atoms with van der Waals surface area (Å²) in [7, 11) is -0.852. The highest BCUT2D eigenvalue weighted by Gasteiger charge is 2.36. The molecule has 0 N–H and O–H groups in total. The molecule has 0 bridgehead atoms. The van der Waals surface area contributed by atoms with E-state index in [2.05, 4.69) is 37.3 Å². The van der Waals surface area contributed by atoms with Gasteiger partial charge in [-0.3, -0.25) is 0 Å². The van der Waals surface area contributed by atoms with Crippen molar-refractivity contribution in [2.75, 3.05) is 6.61 Å². The van der Waals surface area contributed by atoms with E-state index in [4.69, 9.17) is 4.74 Å². The Morgan fingerprint density at radius 2 is 1.59 bits per heavy atom. The molecule has 2 aromatic carbocycles. The summed E-state index contributed by atoms with van der Waals surface area (Å²) in [6.45, 7) is 4.46. The van der Waals surface area contributed by atoms with Crippen LogP contribution >= 0.6 is 0 Å². The van der Waals surface area contributed by atoms with E-state index in [0.29, 0.717) is 18.6 Å². The highest BCUT2D eigenvalue weighted by Crippen LogP contribution is 2.45. The Balaban J connectivity index is 1.20. The fourth-order valence-electron chi connectivity index (χ4n) is 7.38. The van der Waals surface area contributed by atoms with Crippen LogP contribution in [-0.4, -0.2) is 15.4 Å². The van der Waals surface area contributed by atoms with E-state index in [1.54, 1.807) is 24.2 Å².